The van der Waals surface area contributed by atoms with Gasteiger partial charge in [0.1, 0.15) is 11.4 Å². The van der Waals surface area contributed by atoms with Crippen LogP contribution in [0.2, 0.25) is 0 Å². The zero-order valence-corrected chi connectivity index (χ0v) is 13.3. The first-order valence-electron chi connectivity index (χ1n) is 7.78. The first kappa shape index (κ1) is 16.1. The van der Waals surface area contributed by atoms with E-state index in [9.17, 15) is 9.50 Å². The van der Waals surface area contributed by atoms with Crippen molar-refractivity contribution in [1.29, 1.82) is 0 Å². The van der Waals surface area contributed by atoms with Gasteiger partial charge in [0, 0.05) is 44.9 Å². The molecular formula is C17H22FN3O2. The Hall–Kier alpha value is -1.76. The average Bonchev–Trinajstić information content (AvgIpc) is 2.92. The zero-order chi connectivity index (χ0) is 16.3. The summed E-state index contributed by atoms with van der Waals surface area (Å²) in [5.41, 5.74) is 1.28. The number of aliphatic hydroxyl groups is 1. The van der Waals surface area contributed by atoms with Gasteiger partial charge < -0.3 is 9.84 Å². The van der Waals surface area contributed by atoms with Gasteiger partial charge in [0.25, 0.3) is 0 Å². The van der Waals surface area contributed by atoms with Gasteiger partial charge in [-0.3, -0.25) is 9.58 Å². The summed E-state index contributed by atoms with van der Waals surface area (Å²) in [7, 11) is 1.89. The van der Waals surface area contributed by atoms with Crippen LogP contribution in [0.3, 0.4) is 0 Å². The van der Waals surface area contributed by atoms with Crippen LogP contribution in [0.4, 0.5) is 4.39 Å². The predicted octanol–water partition coefficient (Wildman–Crippen LogP) is 1.37. The van der Waals surface area contributed by atoms with Crippen LogP contribution in [0.1, 0.15) is 11.1 Å². The lowest BCUT2D eigenvalue weighted by Crippen LogP contribution is -2.55. The van der Waals surface area contributed by atoms with Crippen LogP contribution in [0.5, 0.6) is 0 Å². The van der Waals surface area contributed by atoms with E-state index in [2.05, 4.69) is 10.00 Å². The maximum Gasteiger partial charge on any atom is 0.123 e. The summed E-state index contributed by atoms with van der Waals surface area (Å²) in [6, 6.07) is 6.47. The molecule has 1 saturated heterocycles. The lowest BCUT2D eigenvalue weighted by molar-refractivity contribution is -0.134. The summed E-state index contributed by atoms with van der Waals surface area (Å²) in [6.45, 7) is 2.64. The van der Waals surface area contributed by atoms with Gasteiger partial charge in [-0.15, -0.1) is 0 Å². The maximum absolute atomic E-state index is 13.4. The molecule has 0 aliphatic carbocycles. The topological polar surface area (TPSA) is 50.5 Å². The molecule has 6 heteroatoms. The lowest BCUT2D eigenvalue weighted by Gasteiger charge is -2.41. The molecule has 1 aromatic heterocycles. The minimum atomic E-state index is -0.686. The van der Waals surface area contributed by atoms with E-state index in [-0.39, 0.29) is 12.4 Å². The minimum absolute atomic E-state index is 0.0902. The van der Waals surface area contributed by atoms with Crippen molar-refractivity contribution in [3.8, 4) is 0 Å². The molecule has 1 fully saturated rings. The van der Waals surface area contributed by atoms with Crippen LogP contribution in [-0.2, 0) is 24.8 Å². The molecule has 1 aliphatic rings. The summed E-state index contributed by atoms with van der Waals surface area (Å²) < 4.78 is 21.1. The zero-order valence-electron chi connectivity index (χ0n) is 13.3. The van der Waals surface area contributed by atoms with E-state index >= 15 is 0 Å². The number of benzene rings is 1. The fraction of sp³-hybridized carbons (Fsp3) is 0.471. The molecule has 1 aliphatic heterocycles. The number of aliphatic hydroxyl groups excluding tert-OH is 1. The number of nitrogens with zero attached hydrogens (tertiary/aromatic N) is 3. The highest BCUT2D eigenvalue weighted by Crippen LogP contribution is 2.24. The highest BCUT2D eigenvalue weighted by atomic mass is 19.1. The number of rotatable bonds is 5. The third-order valence-electron chi connectivity index (χ3n) is 4.20. The number of ether oxygens (including phenoxy) is 1. The van der Waals surface area contributed by atoms with Crippen LogP contribution < -0.4 is 0 Å². The first-order chi connectivity index (χ1) is 11.1. The highest BCUT2D eigenvalue weighted by molar-refractivity contribution is 5.19. The van der Waals surface area contributed by atoms with E-state index in [1.54, 1.807) is 10.7 Å². The molecule has 3 rings (SSSR count). The molecule has 0 bridgehead atoms. The summed E-state index contributed by atoms with van der Waals surface area (Å²) in [4.78, 5) is 2.25. The van der Waals surface area contributed by atoms with Crippen LogP contribution in [0.25, 0.3) is 0 Å². The van der Waals surface area contributed by atoms with Crippen molar-refractivity contribution in [1.82, 2.24) is 14.7 Å². The van der Waals surface area contributed by atoms with Gasteiger partial charge >= 0.3 is 0 Å². The van der Waals surface area contributed by atoms with Gasteiger partial charge in [0.2, 0.25) is 0 Å². The largest absolute Gasteiger partial charge is 0.393 e. The number of morpholine rings is 1. The molecular weight excluding hydrogens is 297 g/mol. The average molecular weight is 319 g/mol. The van der Waals surface area contributed by atoms with Crippen LogP contribution in [-0.4, -0.2) is 51.7 Å². The third kappa shape index (κ3) is 3.96. The molecule has 0 saturated carbocycles. The Balaban J connectivity index is 1.70. The molecule has 2 heterocycles. The molecule has 0 spiro atoms. The Morgan fingerprint density at radius 3 is 2.96 bits per heavy atom. The number of hydrogen-bond donors (Lipinski definition) is 1. The van der Waals surface area contributed by atoms with Gasteiger partial charge in [-0.25, -0.2) is 4.39 Å². The minimum Gasteiger partial charge on any atom is -0.393 e. The van der Waals surface area contributed by atoms with Crippen molar-refractivity contribution < 1.29 is 14.2 Å². The van der Waals surface area contributed by atoms with E-state index in [0.29, 0.717) is 19.6 Å². The number of hydrogen-bond acceptors (Lipinski definition) is 4. The van der Waals surface area contributed by atoms with Crippen molar-refractivity contribution in [2.45, 2.75) is 18.6 Å². The Labute approximate surface area is 135 Å². The van der Waals surface area contributed by atoms with Crippen molar-refractivity contribution in [2.75, 3.05) is 26.3 Å². The van der Waals surface area contributed by atoms with Crippen LogP contribution in [0, 0.1) is 5.82 Å². The van der Waals surface area contributed by atoms with Gasteiger partial charge in [0.15, 0.2) is 0 Å². The summed E-state index contributed by atoms with van der Waals surface area (Å²) in [5.74, 6) is -0.265. The summed E-state index contributed by atoms with van der Waals surface area (Å²) in [5, 5.41) is 14.1. The molecule has 0 amide bonds. The van der Waals surface area contributed by atoms with E-state index in [1.807, 2.05) is 25.5 Å². The monoisotopic (exact) mass is 319 g/mol. The van der Waals surface area contributed by atoms with Crippen LogP contribution in [0.15, 0.2) is 36.7 Å². The Morgan fingerprint density at radius 2 is 2.26 bits per heavy atom. The van der Waals surface area contributed by atoms with Gasteiger partial charge in [0.05, 0.1) is 19.4 Å². The van der Waals surface area contributed by atoms with Crippen molar-refractivity contribution >= 4 is 0 Å². The Kier molecular flexibility index (Phi) is 4.75. The highest BCUT2D eigenvalue weighted by Gasteiger charge is 2.36. The summed E-state index contributed by atoms with van der Waals surface area (Å²) >= 11 is 0. The fourth-order valence-electron chi connectivity index (χ4n) is 3.15. The first-order valence-corrected chi connectivity index (χ1v) is 7.78. The molecule has 2 aromatic rings. The maximum atomic E-state index is 13.4. The lowest BCUT2D eigenvalue weighted by atomic mass is 9.93. The smallest absolute Gasteiger partial charge is 0.123 e. The fourth-order valence-corrected chi connectivity index (χ4v) is 3.15. The van der Waals surface area contributed by atoms with Crippen molar-refractivity contribution in [3.63, 3.8) is 0 Å². The molecule has 1 N–H and O–H groups in total. The van der Waals surface area contributed by atoms with E-state index < -0.39 is 5.60 Å². The molecule has 1 unspecified atom stereocenters. The van der Waals surface area contributed by atoms with E-state index in [0.717, 1.165) is 24.2 Å². The second kappa shape index (κ2) is 6.78. The molecule has 1 aromatic carbocycles. The normalized spacial score (nSPS) is 22.4. The predicted molar refractivity (Wildman–Crippen MR) is 84.4 cm³/mol. The standard InChI is InChI=1S/C17H22FN3O2/c1-20-10-15(9-19-20)11-21-5-6-23-17(12-21,13-22)8-14-3-2-4-16(18)7-14/h2-4,7,9-10,22H,5-6,8,11-13H2,1H3. The Bertz CT molecular complexity index is 661. The van der Waals surface area contributed by atoms with E-state index in [4.69, 9.17) is 4.74 Å². The van der Waals surface area contributed by atoms with Crippen LogP contribution >= 0.6 is 0 Å². The molecule has 0 radical (unpaired) electrons. The molecule has 5 nitrogen and oxygen atoms in total. The molecule has 23 heavy (non-hydrogen) atoms. The van der Waals surface area contributed by atoms with Gasteiger partial charge in [-0.2, -0.15) is 5.10 Å². The summed E-state index contributed by atoms with van der Waals surface area (Å²) in [6.07, 6.45) is 4.33. The number of halogens is 1. The second-order valence-corrected chi connectivity index (χ2v) is 6.23. The van der Waals surface area contributed by atoms with Crippen molar-refractivity contribution in [2.24, 2.45) is 7.05 Å². The number of aromatic nitrogens is 2. The SMILES string of the molecule is Cn1cc(CN2CCOC(CO)(Cc3cccc(F)c3)C2)cn1. The van der Waals surface area contributed by atoms with E-state index in [1.165, 1.54) is 12.1 Å². The Morgan fingerprint density at radius 1 is 1.39 bits per heavy atom. The second-order valence-electron chi connectivity index (χ2n) is 6.23. The quantitative estimate of drug-likeness (QED) is 0.904. The molecule has 1 atom stereocenters. The van der Waals surface area contributed by atoms with Gasteiger partial charge in [-0.05, 0) is 17.7 Å². The third-order valence-corrected chi connectivity index (χ3v) is 4.20. The molecule has 124 valence electrons. The van der Waals surface area contributed by atoms with Gasteiger partial charge in [-0.1, -0.05) is 12.1 Å². The number of aryl methyl sites for hydroxylation is 1. The van der Waals surface area contributed by atoms with Crippen molar-refractivity contribution in [3.05, 3.63) is 53.6 Å².